The molecule has 0 saturated heterocycles. The first-order valence-corrected chi connectivity index (χ1v) is 22.7. The van der Waals surface area contributed by atoms with Gasteiger partial charge >= 0.3 is 33.7 Å². The Hall–Kier alpha value is -4.57. The van der Waals surface area contributed by atoms with Crippen LogP contribution in [0, 0.1) is 6.92 Å². The van der Waals surface area contributed by atoms with Crippen LogP contribution in [0.2, 0.25) is 0 Å². The molecule has 1 N–H and O–H groups in total. The van der Waals surface area contributed by atoms with Gasteiger partial charge < -0.3 is 13.6 Å². The van der Waals surface area contributed by atoms with Gasteiger partial charge in [-0.25, -0.2) is 13.9 Å². The number of hydrogen-bond donors (Lipinski definition) is 1. The van der Waals surface area contributed by atoms with Crippen LogP contribution in [0.3, 0.4) is 0 Å². The predicted octanol–water partition coefficient (Wildman–Crippen LogP) is 11.3. The van der Waals surface area contributed by atoms with Crippen molar-refractivity contribution in [3.05, 3.63) is 136 Å². The van der Waals surface area contributed by atoms with Crippen LogP contribution in [0.25, 0.3) is 0 Å². The van der Waals surface area contributed by atoms with Gasteiger partial charge in [-0.1, -0.05) is 131 Å². The lowest BCUT2D eigenvalue weighted by molar-refractivity contribution is -0.136. The molecule has 0 fully saturated rings. The van der Waals surface area contributed by atoms with Gasteiger partial charge in [-0.3, -0.25) is 28.5 Å². The molecule has 0 radical (unpaired) electrons. The third kappa shape index (κ3) is 16.7. The van der Waals surface area contributed by atoms with Gasteiger partial charge in [0.05, 0.1) is 32.7 Å². The average molecular weight is 836 g/mol. The van der Waals surface area contributed by atoms with Crippen LogP contribution in [0.5, 0.6) is 0 Å². The van der Waals surface area contributed by atoms with Crippen molar-refractivity contribution in [2.75, 3.05) is 25.1 Å². The summed E-state index contributed by atoms with van der Waals surface area (Å²) in [6, 6.07) is 30.0. The Morgan fingerprint density at radius 2 is 0.828 bits per heavy atom. The number of hydrogen-bond acceptors (Lipinski definition) is 11. The Labute approximate surface area is 342 Å². The Balaban J connectivity index is 1.27. The van der Waals surface area contributed by atoms with Crippen molar-refractivity contribution in [3.8, 4) is 0 Å². The fourth-order valence-corrected chi connectivity index (χ4v) is 7.70. The number of aryl methyl sites for hydroxylation is 1. The lowest BCUT2D eigenvalue weighted by Gasteiger charge is -2.17. The molecule has 0 aliphatic heterocycles. The van der Waals surface area contributed by atoms with Gasteiger partial charge in [-0.05, 0) is 84.5 Å². The lowest BCUT2D eigenvalue weighted by atomic mass is 10.0. The summed E-state index contributed by atoms with van der Waals surface area (Å²) in [4.78, 5) is 38.4. The minimum Gasteiger partial charge on any atom is -0.370 e. The van der Waals surface area contributed by atoms with E-state index in [-0.39, 0.29) is 32.7 Å². The summed E-state index contributed by atoms with van der Waals surface area (Å²) < 4.78 is 58.0. The van der Waals surface area contributed by atoms with Crippen LogP contribution >= 0.6 is 15.6 Å². The number of carbonyl (C=O) groups excluding carboxylic acids is 3. The smallest absolute Gasteiger partial charge is 0.370 e. The van der Waals surface area contributed by atoms with E-state index in [0.29, 0.717) is 48.9 Å². The monoisotopic (exact) mass is 835 g/mol. The molecule has 58 heavy (non-hydrogen) atoms. The highest BCUT2D eigenvalue weighted by molar-refractivity contribution is 7.49. The Kier molecular flexibility index (Phi) is 18.9. The molecule has 4 aromatic carbocycles. The number of benzene rings is 4. The fourth-order valence-electron chi connectivity index (χ4n) is 5.45. The van der Waals surface area contributed by atoms with Crippen LogP contribution in [-0.2, 0) is 71.5 Å². The number of nitrogens with one attached hydrogen (secondary N) is 1. The summed E-state index contributed by atoms with van der Waals surface area (Å²) in [6.45, 7) is 8.20. The zero-order valence-corrected chi connectivity index (χ0v) is 35.6. The summed E-state index contributed by atoms with van der Waals surface area (Å²) in [5.41, 5.74) is 6.98. The predicted molar refractivity (Wildman–Crippen MR) is 224 cm³/mol. The van der Waals surface area contributed by atoms with E-state index in [0.717, 1.165) is 41.5 Å². The van der Waals surface area contributed by atoms with Crippen molar-refractivity contribution in [2.24, 2.45) is 0 Å². The van der Waals surface area contributed by atoms with E-state index in [1.807, 2.05) is 64.1 Å². The molecule has 0 spiro atoms. The SMILES string of the molecule is CCCCOP(=O)(OCCCC)OC(=O)Cc1ccc(Cc2ccc(CC(=O)OP(=O)(OCCCC)OC(=O)Nc3ccc(Cc4ccc(C)cc4)cc3)cc2)cc1. The van der Waals surface area contributed by atoms with Crippen molar-refractivity contribution in [1.82, 2.24) is 0 Å². The van der Waals surface area contributed by atoms with E-state index in [1.54, 1.807) is 36.4 Å². The third-order valence-corrected chi connectivity index (χ3v) is 11.5. The molecule has 4 rings (SSSR count). The number of amides is 1. The fraction of sp³-hybridized carbons (Fsp3) is 0.386. The summed E-state index contributed by atoms with van der Waals surface area (Å²) in [7, 11) is -8.61. The zero-order chi connectivity index (χ0) is 41.8. The topological polar surface area (TPSA) is 153 Å². The standard InChI is InChI=1S/C44H55NO11P2/c1-5-8-27-51-57(49,52-28-9-6-2)54-42(46)32-39-19-15-36(16-20-39)31-37-17-21-40(22-18-37)33-43(47)55-58(50,53-29-10-7-3)56-44(48)45-41-25-23-38(24-26-41)30-35-13-11-34(4)12-14-35/h11-26H,5-10,27-33H2,1-4H3,(H,45,48). The molecular formula is C44H55NO11P2. The highest BCUT2D eigenvalue weighted by atomic mass is 31.2. The zero-order valence-electron chi connectivity index (χ0n) is 33.8. The normalized spacial score (nSPS) is 12.3. The van der Waals surface area contributed by atoms with E-state index in [1.165, 1.54) is 5.56 Å². The lowest BCUT2D eigenvalue weighted by Crippen LogP contribution is -2.17. The molecule has 14 heteroatoms. The maximum absolute atomic E-state index is 13.5. The second-order valence-corrected chi connectivity index (χ2v) is 17.0. The second-order valence-electron chi connectivity index (χ2n) is 13.9. The summed E-state index contributed by atoms with van der Waals surface area (Å²) in [5, 5.41) is 2.53. The van der Waals surface area contributed by atoms with E-state index in [9.17, 15) is 23.5 Å². The summed E-state index contributed by atoms with van der Waals surface area (Å²) >= 11 is 0. The number of carbonyl (C=O) groups is 3. The van der Waals surface area contributed by atoms with E-state index in [4.69, 9.17) is 27.1 Å². The molecule has 1 atom stereocenters. The van der Waals surface area contributed by atoms with Gasteiger partial charge in [0.2, 0.25) is 0 Å². The summed E-state index contributed by atoms with van der Waals surface area (Å²) in [5.74, 6) is -1.58. The van der Waals surface area contributed by atoms with Crippen molar-refractivity contribution in [3.63, 3.8) is 0 Å². The van der Waals surface area contributed by atoms with Gasteiger partial charge in [0.25, 0.3) is 0 Å². The number of anilines is 1. The molecule has 12 nitrogen and oxygen atoms in total. The van der Waals surface area contributed by atoms with Crippen molar-refractivity contribution in [2.45, 2.75) is 91.9 Å². The number of phosphoric acid groups is 2. The molecule has 0 saturated carbocycles. The molecule has 0 heterocycles. The molecule has 0 aliphatic rings. The van der Waals surface area contributed by atoms with E-state index >= 15 is 0 Å². The summed E-state index contributed by atoms with van der Waals surface area (Å²) in [6.07, 6.45) is 4.10. The number of phosphoric ester groups is 2. The molecular weight excluding hydrogens is 780 g/mol. The maximum atomic E-state index is 13.5. The van der Waals surface area contributed by atoms with Crippen LogP contribution in [0.15, 0.2) is 97.1 Å². The van der Waals surface area contributed by atoms with Crippen molar-refractivity contribution in [1.29, 1.82) is 0 Å². The molecule has 0 bridgehead atoms. The van der Waals surface area contributed by atoms with E-state index < -0.39 is 33.7 Å². The molecule has 312 valence electrons. The van der Waals surface area contributed by atoms with Crippen molar-refractivity contribution < 1.29 is 50.7 Å². The average Bonchev–Trinajstić information content (AvgIpc) is 3.18. The number of unbranched alkanes of at least 4 members (excludes halogenated alkanes) is 3. The Morgan fingerprint density at radius 1 is 0.483 bits per heavy atom. The van der Waals surface area contributed by atoms with Gasteiger partial charge in [-0.15, -0.1) is 0 Å². The second kappa shape index (κ2) is 23.7. The van der Waals surface area contributed by atoms with Crippen molar-refractivity contribution >= 4 is 39.4 Å². The third-order valence-electron chi connectivity index (χ3n) is 8.74. The Bertz CT molecular complexity index is 1970. The largest absolute Gasteiger partial charge is 0.593 e. The first kappa shape index (κ1) is 46.1. The van der Waals surface area contributed by atoms with Crippen LogP contribution in [-0.4, -0.2) is 37.9 Å². The minimum absolute atomic E-state index is 0.0357. The molecule has 1 amide bonds. The van der Waals surface area contributed by atoms with Gasteiger partial charge in [-0.2, -0.15) is 0 Å². The van der Waals surface area contributed by atoms with E-state index in [2.05, 4.69) is 29.6 Å². The molecule has 0 aliphatic carbocycles. The molecule has 1 unspecified atom stereocenters. The highest BCUT2D eigenvalue weighted by Crippen LogP contribution is 2.51. The van der Waals surface area contributed by atoms with Crippen LogP contribution in [0.4, 0.5) is 10.5 Å². The first-order chi connectivity index (χ1) is 27.9. The quantitative estimate of drug-likeness (QED) is 0.0530. The maximum Gasteiger partial charge on any atom is 0.593 e. The highest BCUT2D eigenvalue weighted by Gasteiger charge is 2.36. The van der Waals surface area contributed by atoms with Gasteiger partial charge in [0, 0.05) is 5.69 Å². The Morgan fingerprint density at radius 3 is 1.24 bits per heavy atom. The van der Waals surface area contributed by atoms with Gasteiger partial charge in [0.1, 0.15) is 0 Å². The minimum atomic E-state index is -4.60. The van der Waals surface area contributed by atoms with Crippen LogP contribution < -0.4 is 5.32 Å². The first-order valence-electron chi connectivity index (χ1n) is 19.8. The van der Waals surface area contributed by atoms with Gasteiger partial charge in [0.15, 0.2) is 0 Å². The molecule has 4 aromatic rings. The van der Waals surface area contributed by atoms with Crippen LogP contribution in [0.1, 0.15) is 98.2 Å². The molecule has 0 aromatic heterocycles. The number of rotatable bonds is 24.